The zero-order valence-corrected chi connectivity index (χ0v) is 10.6. The van der Waals surface area contributed by atoms with Crippen LogP contribution in [0.4, 0.5) is 8.78 Å². The van der Waals surface area contributed by atoms with Crippen molar-refractivity contribution in [2.24, 2.45) is 5.73 Å². The molecular formula is C14H19F2NO. The van der Waals surface area contributed by atoms with E-state index >= 15 is 0 Å². The Morgan fingerprint density at radius 3 is 2.50 bits per heavy atom. The summed E-state index contributed by atoms with van der Waals surface area (Å²) in [7, 11) is 0. The Balaban J connectivity index is 2.17. The lowest BCUT2D eigenvalue weighted by molar-refractivity contribution is -0.0514. The number of benzene rings is 1. The fourth-order valence-corrected chi connectivity index (χ4v) is 2.41. The van der Waals surface area contributed by atoms with E-state index in [9.17, 15) is 8.78 Å². The smallest absolute Gasteiger partial charge is 0.248 e. The SMILES string of the molecule is CCOc1cccc(C2(N)CCC(F)(F)CC2)c1. The fourth-order valence-electron chi connectivity index (χ4n) is 2.41. The molecule has 18 heavy (non-hydrogen) atoms. The quantitative estimate of drug-likeness (QED) is 0.897. The molecule has 0 aromatic heterocycles. The first-order valence-electron chi connectivity index (χ1n) is 6.35. The Morgan fingerprint density at radius 1 is 1.22 bits per heavy atom. The van der Waals surface area contributed by atoms with Crippen LogP contribution in [0.2, 0.25) is 0 Å². The Hall–Kier alpha value is -1.16. The van der Waals surface area contributed by atoms with Crippen LogP contribution in [0.25, 0.3) is 0 Å². The van der Waals surface area contributed by atoms with Gasteiger partial charge in [-0.25, -0.2) is 8.78 Å². The Morgan fingerprint density at radius 2 is 1.89 bits per heavy atom. The van der Waals surface area contributed by atoms with E-state index in [0.717, 1.165) is 11.3 Å². The average molecular weight is 255 g/mol. The van der Waals surface area contributed by atoms with Crippen molar-refractivity contribution in [2.75, 3.05) is 6.61 Å². The summed E-state index contributed by atoms with van der Waals surface area (Å²) in [5, 5.41) is 0. The van der Waals surface area contributed by atoms with Gasteiger partial charge in [-0.3, -0.25) is 0 Å². The van der Waals surface area contributed by atoms with E-state index in [1.54, 1.807) is 0 Å². The van der Waals surface area contributed by atoms with Gasteiger partial charge in [-0.05, 0) is 37.5 Å². The van der Waals surface area contributed by atoms with Crippen LogP contribution in [0.5, 0.6) is 5.75 Å². The number of ether oxygens (including phenoxy) is 1. The van der Waals surface area contributed by atoms with Crippen LogP contribution in [0.15, 0.2) is 24.3 Å². The molecule has 2 rings (SSSR count). The number of hydrogen-bond donors (Lipinski definition) is 1. The normalized spacial score (nSPS) is 21.6. The molecule has 0 spiro atoms. The minimum atomic E-state index is -2.56. The van der Waals surface area contributed by atoms with Crippen molar-refractivity contribution in [1.29, 1.82) is 0 Å². The summed E-state index contributed by atoms with van der Waals surface area (Å²) in [6.45, 7) is 2.49. The van der Waals surface area contributed by atoms with E-state index in [-0.39, 0.29) is 12.8 Å². The molecule has 0 atom stereocenters. The van der Waals surface area contributed by atoms with Gasteiger partial charge in [0.1, 0.15) is 5.75 Å². The van der Waals surface area contributed by atoms with Crippen molar-refractivity contribution in [3.8, 4) is 5.75 Å². The van der Waals surface area contributed by atoms with Gasteiger partial charge in [0.2, 0.25) is 5.92 Å². The lowest BCUT2D eigenvalue weighted by Gasteiger charge is -2.37. The summed E-state index contributed by atoms with van der Waals surface area (Å²) in [6.07, 6.45) is 0.357. The number of nitrogens with two attached hydrogens (primary N) is 1. The van der Waals surface area contributed by atoms with Gasteiger partial charge in [0.25, 0.3) is 0 Å². The first kappa shape index (κ1) is 13.3. The summed E-state index contributed by atoms with van der Waals surface area (Å²) in [6, 6.07) is 7.48. The fraction of sp³-hybridized carbons (Fsp3) is 0.571. The molecule has 1 aliphatic carbocycles. The lowest BCUT2D eigenvalue weighted by Crippen LogP contribution is -2.43. The molecule has 1 saturated carbocycles. The molecule has 2 nitrogen and oxygen atoms in total. The molecule has 100 valence electrons. The van der Waals surface area contributed by atoms with E-state index in [0.29, 0.717) is 19.4 Å². The maximum absolute atomic E-state index is 13.2. The number of halogens is 2. The summed E-state index contributed by atoms with van der Waals surface area (Å²) >= 11 is 0. The summed E-state index contributed by atoms with van der Waals surface area (Å²) < 4.78 is 31.8. The molecule has 0 aliphatic heterocycles. The lowest BCUT2D eigenvalue weighted by atomic mass is 9.76. The third-order valence-electron chi connectivity index (χ3n) is 3.59. The monoisotopic (exact) mass is 255 g/mol. The average Bonchev–Trinajstić information content (AvgIpc) is 2.34. The largest absolute Gasteiger partial charge is 0.494 e. The van der Waals surface area contributed by atoms with E-state index < -0.39 is 11.5 Å². The maximum atomic E-state index is 13.2. The number of rotatable bonds is 3. The predicted molar refractivity (Wildman–Crippen MR) is 66.9 cm³/mol. The van der Waals surface area contributed by atoms with E-state index in [1.807, 2.05) is 31.2 Å². The minimum absolute atomic E-state index is 0.137. The van der Waals surface area contributed by atoms with E-state index in [2.05, 4.69) is 0 Å². The summed E-state index contributed by atoms with van der Waals surface area (Å²) in [4.78, 5) is 0. The highest BCUT2D eigenvalue weighted by molar-refractivity contribution is 5.33. The van der Waals surface area contributed by atoms with Crippen LogP contribution in [-0.4, -0.2) is 12.5 Å². The highest BCUT2D eigenvalue weighted by Crippen LogP contribution is 2.42. The molecule has 1 fully saturated rings. The summed E-state index contributed by atoms with van der Waals surface area (Å²) in [5.74, 6) is -1.81. The molecular weight excluding hydrogens is 236 g/mol. The van der Waals surface area contributed by atoms with Gasteiger partial charge in [0, 0.05) is 18.4 Å². The Bertz CT molecular complexity index is 410. The van der Waals surface area contributed by atoms with Crippen molar-refractivity contribution in [3.05, 3.63) is 29.8 Å². The molecule has 0 saturated heterocycles. The van der Waals surface area contributed by atoms with Crippen LogP contribution in [0.1, 0.15) is 38.2 Å². The molecule has 0 unspecified atom stereocenters. The molecule has 0 radical (unpaired) electrons. The second-order valence-electron chi connectivity index (χ2n) is 4.97. The molecule has 2 N–H and O–H groups in total. The number of hydrogen-bond acceptors (Lipinski definition) is 2. The second kappa shape index (κ2) is 4.84. The van der Waals surface area contributed by atoms with Crippen LogP contribution >= 0.6 is 0 Å². The summed E-state index contributed by atoms with van der Waals surface area (Å²) in [5.41, 5.74) is 6.53. The van der Waals surface area contributed by atoms with Crippen molar-refractivity contribution in [1.82, 2.24) is 0 Å². The standard InChI is InChI=1S/C14H19F2NO/c1-2-18-12-5-3-4-11(10-12)13(17)6-8-14(15,16)9-7-13/h3-5,10H,2,6-9,17H2,1H3. The maximum Gasteiger partial charge on any atom is 0.248 e. The van der Waals surface area contributed by atoms with Crippen molar-refractivity contribution < 1.29 is 13.5 Å². The molecule has 1 aromatic carbocycles. The third-order valence-corrected chi connectivity index (χ3v) is 3.59. The number of alkyl halides is 2. The Kier molecular flexibility index (Phi) is 3.57. The molecule has 0 bridgehead atoms. The van der Waals surface area contributed by atoms with E-state index in [1.165, 1.54) is 0 Å². The minimum Gasteiger partial charge on any atom is -0.494 e. The second-order valence-corrected chi connectivity index (χ2v) is 4.97. The predicted octanol–water partition coefficient (Wildman–Crippen LogP) is 3.45. The molecule has 0 heterocycles. The van der Waals surface area contributed by atoms with Gasteiger partial charge in [0.15, 0.2) is 0 Å². The van der Waals surface area contributed by atoms with Crippen LogP contribution in [0.3, 0.4) is 0 Å². The first-order valence-corrected chi connectivity index (χ1v) is 6.35. The van der Waals surface area contributed by atoms with Crippen LogP contribution in [-0.2, 0) is 5.54 Å². The zero-order chi connectivity index (χ0) is 13.2. The van der Waals surface area contributed by atoms with Gasteiger partial charge < -0.3 is 10.5 Å². The van der Waals surface area contributed by atoms with Gasteiger partial charge in [-0.15, -0.1) is 0 Å². The zero-order valence-electron chi connectivity index (χ0n) is 10.6. The van der Waals surface area contributed by atoms with Gasteiger partial charge >= 0.3 is 0 Å². The van der Waals surface area contributed by atoms with Crippen LogP contribution in [0, 0.1) is 0 Å². The van der Waals surface area contributed by atoms with Gasteiger partial charge in [0.05, 0.1) is 6.61 Å². The van der Waals surface area contributed by atoms with Gasteiger partial charge in [-0.1, -0.05) is 12.1 Å². The first-order chi connectivity index (χ1) is 8.45. The highest BCUT2D eigenvalue weighted by Gasteiger charge is 2.42. The molecule has 1 aromatic rings. The van der Waals surface area contributed by atoms with Crippen molar-refractivity contribution >= 4 is 0 Å². The molecule has 1 aliphatic rings. The van der Waals surface area contributed by atoms with Crippen LogP contribution < -0.4 is 10.5 Å². The Labute approximate surface area is 106 Å². The van der Waals surface area contributed by atoms with Gasteiger partial charge in [-0.2, -0.15) is 0 Å². The topological polar surface area (TPSA) is 35.2 Å². The molecule has 0 amide bonds. The van der Waals surface area contributed by atoms with E-state index in [4.69, 9.17) is 10.5 Å². The third kappa shape index (κ3) is 2.80. The highest BCUT2D eigenvalue weighted by atomic mass is 19.3. The molecule has 4 heteroatoms. The van der Waals surface area contributed by atoms with Crippen molar-refractivity contribution in [2.45, 2.75) is 44.1 Å². The van der Waals surface area contributed by atoms with Crippen molar-refractivity contribution in [3.63, 3.8) is 0 Å².